The third-order valence-electron chi connectivity index (χ3n) is 1.86. The molecule has 0 aliphatic heterocycles. The molecule has 1 rings (SSSR count). The topological polar surface area (TPSA) is 46.5 Å². The molecule has 0 radical (unpaired) electrons. The Morgan fingerprint density at radius 2 is 2.00 bits per heavy atom. The van der Waals surface area contributed by atoms with E-state index in [1.807, 2.05) is 5.16 Å². The van der Waals surface area contributed by atoms with E-state index in [2.05, 4.69) is 16.6 Å². The Balaban J connectivity index is 3.26. The Bertz CT molecular complexity index is 519. The number of rotatable bonds is 4. The highest BCUT2D eigenvalue weighted by molar-refractivity contribution is 7.91. The molecule has 3 nitrogen and oxygen atoms in total. The maximum absolute atomic E-state index is 11.7. The van der Waals surface area contributed by atoms with Gasteiger partial charge in [0.1, 0.15) is 5.25 Å². The molecule has 0 spiro atoms. The summed E-state index contributed by atoms with van der Waals surface area (Å²) >= 11 is 9.72. The van der Waals surface area contributed by atoms with Crippen LogP contribution in [0.2, 0.25) is 0 Å². The molecule has 16 heavy (non-hydrogen) atoms. The average molecular weight is 274 g/mol. The van der Waals surface area contributed by atoms with Gasteiger partial charge in [-0.05, 0) is 23.9 Å². The van der Waals surface area contributed by atoms with Crippen LogP contribution in [-0.2, 0) is 10.0 Å². The second kappa shape index (κ2) is 5.92. The molecule has 0 aliphatic rings. The molecule has 84 valence electrons. The van der Waals surface area contributed by atoms with Gasteiger partial charge in [0.25, 0.3) is 10.0 Å². The van der Waals surface area contributed by atoms with Crippen LogP contribution in [0.25, 0.3) is 0 Å². The molecule has 0 saturated carbocycles. The SMILES string of the molecule is O=S(=O)(N=C=S)C(C=CCl)c1ccccc1. The maximum atomic E-state index is 11.7. The van der Waals surface area contributed by atoms with Gasteiger partial charge in [-0.3, -0.25) is 0 Å². The first-order chi connectivity index (χ1) is 7.61. The second-order valence-corrected chi connectivity index (χ2v) is 5.00. The number of hydrogen-bond donors (Lipinski definition) is 0. The molecule has 0 aliphatic carbocycles. The molecule has 0 heterocycles. The summed E-state index contributed by atoms with van der Waals surface area (Å²) in [5.41, 5.74) is 1.72. The summed E-state index contributed by atoms with van der Waals surface area (Å²) in [6.07, 6.45) is 1.34. The summed E-state index contributed by atoms with van der Waals surface area (Å²) in [5, 5.41) is 0.931. The summed E-state index contributed by atoms with van der Waals surface area (Å²) in [6.45, 7) is 0. The van der Waals surface area contributed by atoms with Gasteiger partial charge in [-0.2, -0.15) is 0 Å². The summed E-state index contributed by atoms with van der Waals surface area (Å²) in [5.74, 6) is 0. The van der Waals surface area contributed by atoms with Crippen molar-refractivity contribution in [1.29, 1.82) is 0 Å². The highest BCUT2D eigenvalue weighted by Crippen LogP contribution is 2.25. The van der Waals surface area contributed by atoms with Gasteiger partial charge in [0.2, 0.25) is 0 Å². The van der Waals surface area contributed by atoms with Crippen LogP contribution in [0.4, 0.5) is 0 Å². The average Bonchev–Trinajstić information content (AvgIpc) is 2.27. The Labute approximate surface area is 105 Å². The first-order valence-corrected chi connectivity index (χ1v) is 6.61. The van der Waals surface area contributed by atoms with E-state index in [1.54, 1.807) is 30.3 Å². The van der Waals surface area contributed by atoms with Crippen molar-refractivity contribution in [3.05, 3.63) is 47.5 Å². The van der Waals surface area contributed by atoms with Gasteiger partial charge < -0.3 is 0 Å². The van der Waals surface area contributed by atoms with E-state index in [0.29, 0.717) is 5.56 Å². The zero-order valence-corrected chi connectivity index (χ0v) is 10.5. The predicted molar refractivity (Wildman–Crippen MR) is 68.1 cm³/mol. The zero-order valence-electron chi connectivity index (χ0n) is 8.08. The molecule has 0 amide bonds. The van der Waals surface area contributed by atoms with Crippen molar-refractivity contribution in [3.63, 3.8) is 0 Å². The number of sulfonamides is 1. The van der Waals surface area contributed by atoms with Crippen molar-refractivity contribution in [2.75, 3.05) is 0 Å². The van der Waals surface area contributed by atoms with Crippen molar-refractivity contribution in [2.24, 2.45) is 4.40 Å². The van der Waals surface area contributed by atoms with Crippen molar-refractivity contribution in [2.45, 2.75) is 5.25 Å². The number of nitrogens with zero attached hydrogens (tertiary/aromatic N) is 1. The van der Waals surface area contributed by atoms with E-state index in [0.717, 1.165) is 5.54 Å². The van der Waals surface area contributed by atoms with Crippen LogP contribution in [0, 0.1) is 0 Å². The van der Waals surface area contributed by atoms with Crippen molar-refractivity contribution in [1.82, 2.24) is 0 Å². The molecule has 1 aromatic carbocycles. The van der Waals surface area contributed by atoms with Crippen LogP contribution >= 0.6 is 23.8 Å². The molecular formula is C10H8ClNO2S2. The Morgan fingerprint density at radius 3 is 2.50 bits per heavy atom. The lowest BCUT2D eigenvalue weighted by Gasteiger charge is -2.09. The van der Waals surface area contributed by atoms with Crippen LogP contribution in [0.15, 0.2) is 46.3 Å². The van der Waals surface area contributed by atoms with Crippen molar-refractivity contribution >= 4 is 39.0 Å². The van der Waals surface area contributed by atoms with E-state index in [-0.39, 0.29) is 0 Å². The van der Waals surface area contributed by atoms with Crippen molar-refractivity contribution in [3.8, 4) is 0 Å². The molecule has 6 heteroatoms. The van der Waals surface area contributed by atoms with Crippen LogP contribution in [-0.4, -0.2) is 13.6 Å². The van der Waals surface area contributed by atoms with Crippen molar-refractivity contribution < 1.29 is 8.42 Å². The molecule has 1 unspecified atom stereocenters. The van der Waals surface area contributed by atoms with E-state index < -0.39 is 15.3 Å². The van der Waals surface area contributed by atoms with Crippen LogP contribution in [0.3, 0.4) is 0 Å². The van der Waals surface area contributed by atoms with Gasteiger partial charge in [-0.15, -0.1) is 4.40 Å². The monoisotopic (exact) mass is 273 g/mol. The number of halogens is 1. The third kappa shape index (κ3) is 3.25. The van der Waals surface area contributed by atoms with Gasteiger partial charge in [0.15, 0.2) is 0 Å². The van der Waals surface area contributed by atoms with Gasteiger partial charge in [-0.1, -0.05) is 41.9 Å². The highest BCUT2D eigenvalue weighted by atomic mass is 35.5. The largest absolute Gasteiger partial charge is 0.272 e. The smallest absolute Gasteiger partial charge is 0.203 e. The summed E-state index contributed by atoms with van der Waals surface area (Å²) in [6, 6.07) is 8.62. The maximum Gasteiger partial charge on any atom is 0.272 e. The number of thiocarbonyl (C=S) groups is 1. The third-order valence-corrected chi connectivity index (χ3v) is 3.63. The number of hydrogen-bond acceptors (Lipinski definition) is 3. The number of isothiocyanates is 1. The fourth-order valence-corrected chi connectivity index (χ4v) is 2.74. The zero-order chi connectivity index (χ0) is 12.0. The fraction of sp³-hybridized carbons (Fsp3) is 0.100. The molecule has 0 saturated heterocycles. The van der Waals surface area contributed by atoms with E-state index in [1.165, 1.54) is 6.08 Å². The minimum absolute atomic E-state index is 0.577. The first kappa shape index (κ1) is 13.1. The Morgan fingerprint density at radius 1 is 1.38 bits per heavy atom. The van der Waals surface area contributed by atoms with Gasteiger partial charge in [-0.25, -0.2) is 8.42 Å². The molecule has 0 N–H and O–H groups in total. The van der Waals surface area contributed by atoms with Crippen LogP contribution in [0.5, 0.6) is 0 Å². The minimum atomic E-state index is -3.75. The Hall–Kier alpha value is -1.00. The minimum Gasteiger partial charge on any atom is -0.203 e. The normalized spacial score (nSPS) is 13.3. The van der Waals surface area contributed by atoms with Gasteiger partial charge >= 0.3 is 0 Å². The summed E-state index contributed by atoms with van der Waals surface area (Å²) < 4.78 is 26.6. The molecular weight excluding hydrogens is 266 g/mol. The molecule has 1 aromatic rings. The lowest BCUT2D eigenvalue weighted by molar-refractivity contribution is 0.592. The standard InChI is InChI=1S/C10H8ClNO2S2/c11-7-6-10(16(13,14)12-8-15)9-4-2-1-3-5-9/h1-7,10H. The van der Waals surface area contributed by atoms with Gasteiger partial charge in [0.05, 0.1) is 5.16 Å². The second-order valence-electron chi connectivity index (χ2n) is 2.85. The number of benzene rings is 1. The lowest BCUT2D eigenvalue weighted by atomic mass is 10.1. The summed E-state index contributed by atoms with van der Waals surface area (Å²) in [4.78, 5) is 0. The lowest BCUT2D eigenvalue weighted by Crippen LogP contribution is -2.08. The van der Waals surface area contributed by atoms with Gasteiger partial charge in [0, 0.05) is 5.54 Å². The fourth-order valence-electron chi connectivity index (χ4n) is 1.20. The first-order valence-electron chi connectivity index (χ1n) is 4.26. The molecule has 0 bridgehead atoms. The van der Waals surface area contributed by atoms with E-state index >= 15 is 0 Å². The van der Waals surface area contributed by atoms with E-state index in [4.69, 9.17) is 11.6 Å². The van der Waals surface area contributed by atoms with Crippen LogP contribution < -0.4 is 0 Å². The van der Waals surface area contributed by atoms with Crippen LogP contribution in [0.1, 0.15) is 10.8 Å². The molecule has 0 fully saturated rings. The molecule has 0 aromatic heterocycles. The highest BCUT2D eigenvalue weighted by Gasteiger charge is 2.23. The summed E-state index contributed by atoms with van der Waals surface area (Å²) in [7, 11) is -3.75. The molecule has 1 atom stereocenters. The Kier molecular flexibility index (Phi) is 4.83. The quantitative estimate of drug-likeness (QED) is 0.626. The van der Waals surface area contributed by atoms with E-state index in [9.17, 15) is 8.42 Å². The predicted octanol–water partition coefficient (Wildman–Crippen LogP) is 2.91.